The summed E-state index contributed by atoms with van der Waals surface area (Å²) >= 11 is 0. The summed E-state index contributed by atoms with van der Waals surface area (Å²) in [4.78, 5) is 2.43. The summed E-state index contributed by atoms with van der Waals surface area (Å²) in [6.45, 7) is 9.94. The molecule has 0 amide bonds. The molecule has 0 aliphatic rings. The zero-order valence-corrected chi connectivity index (χ0v) is 13.1. The molecule has 1 aromatic carbocycles. The monoisotopic (exact) mass is 278 g/mol. The minimum Gasteiger partial charge on any atom is -0.396 e. The summed E-state index contributed by atoms with van der Waals surface area (Å²) in [5.74, 6) is 0. The number of aliphatic hydroxyl groups excluding tert-OH is 1. The van der Waals surface area contributed by atoms with Gasteiger partial charge in [0.1, 0.15) is 0 Å². The first kappa shape index (κ1) is 17.2. The first-order valence-corrected chi connectivity index (χ1v) is 7.91. The van der Waals surface area contributed by atoms with E-state index in [9.17, 15) is 0 Å². The van der Waals surface area contributed by atoms with Crippen molar-refractivity contribution < 1.29 is 5.11 Å². The van der Waals surface area contributed by atoms with Gasteiger partial charge in [-0.15, -0.1) is 0 Å². The molecular formula is C17H30N2O. The molecule has 0 aromatic heterocycles. The van der Waals surface area contributed by atoms with Crippen LogP contribution in [0.3, 0.4) is 0 Å². The second-order valence-electron chi connectivity index (χ2n) is 5.24. The Hall–Kier alpha value is -0.900. The highest BCUT2D eigenvalue weighted by Gasteiger charge is 2.01. The van der Waals surface area contributed by atoms with Crippen molar-refractivity contribution in [2.24, 2.45) is 0 Å². The van der Waals surface area contributed by atoms with Gasteiger partial charge in [0.25, 0.3) is 0 Å². The maximum absolute atomic E-state index is 8.70. The van der Waals surface area contributed by atoms with Gasteiger partial charge < -0.3 is 10.4 Å². The van der Waals surface area contributed by atoms with Crippen LogP contribution in [0.15, 0.2) is 24.3 Å². The standard InChI is InChI=1S/C17H30N2O/c1-3-19(4-2)15-17-10-8-16(9-11-17)14-18-12-6-5-7-13-20/h8-11,18,20H,3-7,12-15H2,1-2H3. The van der Waals surface area contributed by atoms with E-state index in [0.717, 1.165) is 52.0 Å². The molecule has 0 unspecified atom stereocenters. The molecule has 3 heteroatoms. The van der Waals surface area contributed by atoms with Crippen molar-refractivity contribution in [1.29, 1.82) is 0 Å². The van der Waals surface area contributed by atoms with E-state index in [1.165, 1.54) is 11.1 Å². The first-order valence-electron chi connectivity index (χ1n) is 7.91. The van der Waals surface area contributed by atoms with Crippen molar-refractivity contribution in [2.45, 2.75) is 46.2 Å². The van der Waals surface area contributed by atoms with Crippen molar-refractivity contribution in [3.05, 3.63) is 35.4 Å². The maximum atomic E-state index is 8.70. The molecule has 0 saturated heterocycles. The lowest BCUT2D eigenvalue weighted by molar-refractivity contribution is 0.283. The van der Waals surface area contributed by atoms with Crippen LogP contribution in [0.1, 0.15) is 44.2 Å². The van der Waals surface area contributed by atoms with E-state index in [1.807, 2.05) is 0 Å². The fraction of sp³-hybridized carbons (Fsp3) is 0.647. The molecule has 114 valence electrons. The number of unbranched alkanes of at least 4 members (excludes halogenated alkanes) is 2. The minimum absolute atomic E-state index is 0.313. The van der Waals surface area contributed by atoms with Crippen molar-refractivity contribution in [3.63, 3.8) is 0 Å². The summed E-state index contributed by atoms with van der Waals surface area (Å²) in [6.07, 6.45) is 3.16. The Morgan fingerprint density at radius 3 is 2.20 bits per heavy atom. The second-order valence-corrected chi connectivity index (χ2v) is 5.24. The number of hydrogen-bond acceptors (Lipinski definition) is 3. The summed E-state index contributed by atoms with van der Waals surface area (Å²) in [6, 6.07) is 8.92. The van der Waals surface area contributed by atoms with Crippen molar-refractivity contribution in [3.8, 4) is 0 Å². The van der Waals surface area contributed by atoms with Gasteiger partial charge in [0.05, 0.1) is 0 Å². The largest absolute Gasteiger partial charge is 0.396 e. The van der Waals surface area contributed by atoms with Crippen LogP contribution < -0.4 is 5.32 Å². The predicted molar refractivity (Wildman–Crippen MR) is 85.7 cm³/mol. The Kier molecular flexibility index (Phi) is 9.29. The highest BCUT2D eigenvalue weighted by Crippen LogP contribution is 2.07. The molecule has 0 bridgehead atoms. The van der Waals surface area contributed by atoms with Gasteiger partial charge in [0.2, 0.25) is 0 Å². The summed E-state index contributed by atoms with van der Waals surface area (Å²) < 4.78 is 0. The van der Waals surface area contributed by atoms with Crippen LogP contribution >= 0.6 is 0 Å². The Morgan fingerprint density at radius 1 is 0.950 bits per heavy atom. The van der Waals surface area contributed by atoms with Gasteiger partial charge in [-0.25, -0.2) is 0 Å². The average molecular weight is 278 g/mol. The third kappa shape index (κ3) is 7.04. The van der Waals surface area contributed by atoms with Crippen LogP contribution in [0.2, 0.25) is 0 Å². The van der Waals surface area contributed by atoms with Crippen LogP contribution in [0, 0.1) is 0 Å². The highest BCUT2D eigenvalue weighted by atomic mass is 16.2. The third-order valence-corrected chi connectivity index (χ3v) is 3.66. The number of benzene rings is 1. The molecule has 0 fully saturated rings. The quantitative estimate of drug-likeness (QED) is 0.611. The zero-order valence-electron chi connectivity index (χ0n) is 13.1. The molecule has 0 atom stereocenters. The number of hydrogen-bond donors (Lipinski definition) is 2. The molecule has 0 aliphatic heterocycles. The fourth-order valence-corrected chi connectivity index (χ4v) is 2.24. The van der Waals surface area contributed by atoms with Crippen LogP contribution in [0.4, 0.5) is 0 Å². The molecule has 0 spiro atoms. The SMILES string of the molecule is CCN(CC)Cc1ccc(CNCCCCCO)cc1. The lowest BCUT2D eigenvalue weighted by Crippen LogP contribution is -2.22. The Labute approximate surface area is 124 Å². The predicted octanol–water partition coefficient (Wildman–Crippen LogP) is 2.78. The van der Waals surface area contributed by atoms with Crippen molar-refractivity contribution >= 4 is 0 Å². The Bertz CT molecular complexity index is 333. The zero-order chi connectivity index (χ0) is 14.6. The van der Waals surface area contributed by atoms with Gasteiger partial charge in [0, 0.05) is 19.7 Å². The first-order chi connectivity index (χ1) is 9.80. The van der Waals surface area contributed by atoms with E-state index in [2.05, 4.69) is 48.3 Å². The number of rotatable bonds is 11. The number of nitrogens with zero attached hydrogens (tertiary/aromatic N) is 1. The van der Waals surface area contributed by atoms with Gasteiger partial charge in [-0.2, -0.15) is 0 Å². The smallest absolute Gasteiger partial charge is 0.0431 e. The van der Waals surface area contributed by atoms with E-state index in [1.54, 1.807) is 0 Å². The highest BCUT2D eigenvalue weighted by molar-refractivity contribution is 5.22. The minimum atomic E-state index is 0.313. The second kappa shape index (κ2) is 10.8. The molecule has 0 radical (unpaired) electrons. The van der Waals surface area contributed by atoms with Gasteiger partial charge >= 0.3 is 0 Å². The molecular weight excluding hydrogens is 248 g/mol. The molecule has 0 heterocycles. The van der Waals surface area contributed by atoms with Crippen LogP contribution in [0.25, 0.3) is 0 Å². The van der Waals surface area contributed by atoms with E-state index >= 15 is 0 Å². The summed E-state index contributed by atoms with van der Waals surface area (Å²) in [5.41, 5.74) is 2.73. The van der Waals surface area contributed by atoms with E-state index < -0.39 is 0 Å². The van der Waals surface area contributed by atoms with Gasteiger partial charge in [-0.3, -0.25) is 4.90 Å². The van der Waals surface area contributed by atoms with E-state index in [4.69, 9.17) is 5.11 Å². The molecule has 2 N–H and O–H groups in total. The van der Waals surface area contributed by atoms with Gasteiger partial charge in [-0.1, -0.05) is 38.1 Å². The molecule has 1 rings (SSSR count). The van der Waals surface area contributed by atoms with Crippen molar-refractivity contribution in [1.82, 2.24) is 10.2 Å². The van der Waals surface area contributed by atoms with E-state index in [0.29, 0.717) is 6.61 Å². The lowest BCUT2D eigenvalue weighted by Gasteiger charge is -2.18. The third-order valence-electron chi connectivity index (χ3n) is 3.66. The Balaban J connectivity index is 2.24. The topological polar surface area (TPSA) is 35.5 Å². The fourth-order valence-electron chi connectivity index (χ4n) is 2.24. The van der Waals surface area contributed by atoms with Crippen LogP contribution in [-0.4, -0.2) is 36.2 Å². The number of nitrogens with one attached hydrogen (secondary N) is 1. The molecule has 1 aromatic rings. The average Bonchev–Trinajstić information content (AvgIpc) is 2.49. The Morgan fingerprint density at radius 2 is 1.60 bits per heavy atom. The maximum Gasteiger partial charge on any atom is 0.0431 e. The molecule has 0 saturated carbocycles. The normalized spacial score (nSPS) is 11.2. The van der Waals surface area contributed by atoms with E-state index in [-0.39, 0.29) is 0 Å². The van der Waals surface area contributed by atoms with Gasteiger partial charge in [0.15, 0.2) is 0 Å². The number of aliphatic hydroxyl groups is 1. The van der Waals surface area contributed by atoms with Gasteiger partial charge in [-0.05, 0) is 50.0 Å². The van der Waals surface area contributed by atoms with Crippen LogP contribution in [-0.2, 0) is 13.1 Å². The van der Waals surface area contributed by atoms with Crippen LogP contribution in [0.5, 0.6) is 0 Å². The van der Waals surface area contributed by atoms with Crippen molar-refractivity contribution in [2.75, 3.05) is 26.2 Å². The lowest BCUT2D eigenvalue weighted by atomic mass is 10.1. The molecule has 20 heavy (non-hydrogen) atoms. The molecule has 3 nitrogen and oxygen atoms in total. The summed E-state index contributed by atoms with van der Waals surface area (Å²) in [7, 11) is 0. The summed E-state index contributed by atoms with van der Waals surface area (Å²) in [5, 5.41) is 12.2. The molecule has 0 aliphatic carbocycles.